The minimum Gasteiger partial charge on any atom is -0.338 e. The monoisotopic (exact) mass is 432 g/mol. The molecule has 0 unspecified atom stereocenters. The highest BCUT2D eigenvalue weighted by atomic mass is 35.5. The number of carbonyl (C=O) groups excluding carboxylic acids is 2. The fourth-order valence-electron chi connectivity index (χ4n) is 4.00. The molecule has 2 amide bonds. The predicted molar refractivity (Wildman–Crippen MR) is 124 cm³/mol. The highest BCUT2D eigenvalue weighted by Gasteiger charge is 2.29. The molecule has 4 rings (SSSR count). The number of benzene rings is 3. The van der Waals surface area contributed by atoms with Crippen LogP contribution in [0.25, 0.3) is 0 Å². The van der Waals surface area contributed by atoms with Gasteiger partial charge in [-0.25, -0.2) is 0 Å². The molecule has 3 aromatic carbocycles. The summed E-state index contributed by atoms with van der Waals surface area (Å²) in [6, 6.07) is 25.0. The van der Waals surface area contributed by atoms with Gasteiger partial charge in [-0.2, -0.15) is 0 Å². The summed E-state index contributed by atoms with van der Waals surface area (Å²) in [5, 5.41) is 3.71. The van der Waals surface area contributed by atoms with E-state index in [0.29, 0.717) is 23.7 Å². The van der Waals surface area contributed by atoms with Gasteiger partial charge in [0.15, 0.2) is 0 Å². The molecule has 158 valence electrons. The molecule has 1 atom stereocenters. The normalized spacial score (nSPS) is 16.0. The summed E-state index contributed by atoms with van der Waals surface area (Å²) in [7, 11) is 0. The molecule has 0 spiro atoms. The van der Waals surface area contributed by atoms with E-state index in [2.05, 4.69) is 17.4 Å². The summed E-state index contributed by atoms with van der Waals surface area (Å²) >= 11 is 5.93. The summed E-state index contributed by atoms with van der Waals surface area (Å²) < 4.78 is 0. The van der Waals surface area contributed by atoms with Crippen LogP contribution in [0.5, 0.6) is 0 Å². The molecule has 1 aliphatic heterocycles. The van der Waals surface area contributed by atoms with E-state index >= 15 is 0 Å². The van der Waals surface area contributed by atoms with E-state index in [1.54, 1.807) is 29.2 Å². The van der Waals surface area contributed by atoms with Gasteiger partial charge < -0.3 is 10.2 Å². The molecule has 1 fully saturated rings. The van der Waals surface area contributed by atoms with Crippen LogP contribution in [-0.2, 0) is 11.2 Å². The molecule has 1 heterocycles. The zero-order valence-electron chi connectivity index (χ0n) is 17.3. The Hall–Kier alpha value is -3.11. The Kier molecular flexibility index (Phi) is 6.68. The lowest BCUT2D eigenvalue weighted by atomic mass is 9.96. The number of para-hydroxylation sites is 1. The molecule has 4 nitrogen and oxygen atoms in total. The number of hydrogen-bond acceptors (Lipinski definition) is 2. The molecule has 0 radical (unpaired) electrons. The van der Waals surface area contributed by atoms with Crippen molar-refractivity contribution < 1.29 is 9.59 Å². The van der Waals surface area contributed by atoms with Crippen molar-refractivity contribution in [3.8, 4) is 0 Å². The second kappa shape index (κ2) is 9.80. The number of piperidine rings is 1. The number of nitrogens with one attached hydrogen (secondary N) is 1. The highest BCUT2D eigenvalue weighted by Crippen LogP contribution is 2.24. The first-order chi connectivity index (χ1) is 15.1. The summed E-state index contributed by atoms with van der Waals surface area (Å²) in [6.07, 6.45) is 2.34. The summed E-state index contributed by atoms with van der Waals surface area (Å²) in [6.45, 7) is 1.09. The summed E-state index contributed by atoms with van der Waals surface area (Å²) in [4.78, 5) is 27.7. The van der Waals surface area contributed by atoms with E-state index in [1.807, 2.05) is 42.5 Å². The Morgan fingerprint density at radius 2 is 1.65 bits per heavy atom. The molecule has 3 aromatic rings. The molecule has 0 saturated carbocycles. The van der Waals surface area contributed by atoms with Crippen molar-refractivity contribution in [1.29, 1.82) is 0 Å². The number of anilines is 1. The number of rotatable bonds is 5. The second-order valence-corrected chi connectivity index (χ2v) is 8.34. The quantitative estimate of drug-likeness (QED) is 0.585. The molecule has 5 heteroatoms. The van der Waals surface area contributed by atoms with E-state index in [1.165, 1.54) is 5.56 Å². The van der Waals surface area contributed by atoms with Gasteiger partial charge in [0.05, 0.1) is 5.92 Å². The van der Waals surface area contributed by atoms with E-state index in [0.717, 1.165) is 30.5 Å². The maximum absolute atomic E-state index is 13.1. The molecule has 0 bridgehead atoms. The maximum Gasteiger partial charge on any atom is 0.253 e. The zero-order valence-corrected chi connectivity index (χ0v) is 18.0. The third kappa shape index (κ3) is 5.33. The molecule has 31 heavy (non-hydrogen) atoms. The fourth-order valence-corrected chi connectivity index (χ4v) is 4.12. The van der Waals surface area contributed by atoms with E-state index in [4.69, 9.17) is 11.6 Å². The van der Waals surface area contributed by atoms with Crippen LogP contribution in [0.2, 0.25) is 5.02 Å². The Labute approximate surface area is 187 Å². The van der Waals surface area contributed by atoms with Crippen LogP contribution in [-0.4, -0.2) is 29.8 Å². The van der Waals surface area contributed by atoms with Crippen molar-refractivity contribution in [3.63, 3.8) is 0 Å². The van der Waals surface area contributed by atoms with Crippen LogP contribution >= 0.6 is 11.6 Å². The third-order valence-electron chi connectivity index (χ3n) is 5.68. The first-order valence-corrected chi connectivity index (χ1v) is 11.0. The molecule has 1 saturated heterocycles. The first kappa shape index (κ1) is 21.1. The predicted octanol–water partition coefficient (Wildman–Crippen LogP) is 5.42. The van der Waals surface area contributed by atoms with E-state index in [-0.39, 0.29) is 17.7 Å². The maximum atomic E-state index is 13.1. The first-order valence-electron chi connectivity index (χ1n) is 10.6. The van der Waals surface area contributed by atoms with Crippen molar-refractivity contribution >= 4 is 29.1 Å². The van der Waals surface area contributed by atoms with Crippen molar-refractivity contribution in [3.05, 3.63) is 101 Å². The van der Waals surface area contributed by atoms with Crippen molar-refractivity contribution in [2.24, 2.45) is 5.92 Å². The van der Waals surface area contributed by atoms with Gasteiger partial charge in [0.2, 0.25) is 5.91 Å². The van der Waals surface area contributed by atoms with Gasteiger partial charge in [-0.3, -0.25) is 9.59 Å². The zero-order chi connectivity index (χ0) is 21.6. The topological polar surface area (TPSA) is 49.4 Å². The number of amides is 2. The van der Waals surface area contributed by atoms with Crippen molar-refractivity contribution in [2.45, 2.75) is 19.3 Å². The number of nitrogens with zero attached hydrogens (tertiary/aromatic N) is 1. The lowest BCUT2D eigenvalue weighted by molar-refractivity contribution is -0.121. The largest absolute Gasteiger partial charge is 0.338 e. The third-order valence-corrected chi connectivity index (χ3v) is 5.94. The summed E-state index contributed by atoms with van der Waals surface area (Å²) in [5.41, 5.74) is 3.70. The van der Waals surface area contributed by atoms with E-state index in [9.17, 15) is 9.59 Å². The molecule has 1 N–H and O–H groups in total. The van der Waals surface area contributed by atoms with Crippen LogP contribution in [0.1, 0.15) is 34.3 Å². The van der Waals surface area contributed by atoms with Crippen LogP contribution in [0.15, 0.2) is 78.9 Å². The van der Waals surface area contributed by atoms with Crippen LogP contribution in [0.4, 0.5) is 5.69 Å². The fraction of sp³-hybridized carbons (Fsp3) is 0.231. The molecule has 0 aromatic heterocycles. The van der Waals surface area contributed by atoms with Gasteiger partial charge in [-0.05, 0) is 60.7 Å². The van der Waals surface area contributed by atoms with Gasteiger partial charge in [-0.15, -0.1) is 0 Å². The smallest absolute Gasteiger partial charge is 0.253 e. The number of likely N-dealkylation sites (tertiary alicyclic amines) is 1. The molecular weight excluding hydrogens is 408 g/mol. The number of hydrogen-bond donors (Lipinski definition) is 1. The lowest BCUT2D eigenvalue weighted by Gasteiger charge is -2.32. The van der Waals surface area contributed by atoms with Gasteiger partial charge in [0.1, 0.15) is 0 Å². The van der Waals surface area contributed by atoms with Gasteiger partial charge in [0, 0.05) is 29.4 Å². The molecule has 0 aliphatic carbocycles. The Bertz CT molecular complexity index is 1050. The Balaban J connectivity index is 1.43. The van der Waals surface area contributed by atoms with Crippen molar-refractivity contribution in [1.82, 2.24) is 4.90 Å². The summed E-state index contributed by atoms with van der Waals surface area (Å²) in [5.74, 6) is -0.317. The SMILES string of the molecule is O=C(Nc1ccccc1Cc1ccccc1)[C@@H]1CCCN(C(=O)c2ccc(Cl)cc2)C1. The average Bonchev–Trinajstić information content (AvgIpc) is 2.81. The van der Waals surface area contributed by atoms with Crippen molar-refractivity contribution in [2.75, 3.05) is 18.4 Å². The highest BCUT2D eigenvalue weighted by molar-refractivity contribution is 6.30. The Morgan fingerprint density at radius 1 is 0.935 bits per heavy atom. The second-order valence-electron chi connectivity index (χ2n) is 7.91. The Morgan fingerprint density at radius 3 is 2.42 bits per heavy atom. The van der Waals surface area contributed by atoms with Crippen LogP contribution in [0, 0.1) is 5.92 Å². The van der Waals surface area contributed by atoms with Crippen LogP contribution < -0.4 is 5.32 Å². The van der Waals surface area contributed by atoms with Gasteiger partial charge >= 0.3 is 0 Å². The standard InChI is InChI=1S/C26H25ClN2O2/c27-23-14-12-20(13-15-23)26(31)29-16-6-10-22(18-29)25(30)28-24-11-5-4-9-21(24)17-19-7-2-1-3-8-19/h1-5,7-9,11-15,22H,6,10,16-18H2,(H,28,30)/t22-/m1/s1. The van der Waals surface area contributed by atoms with E-state index < -0.39 is 0 Å². The molecule has 1 aliphatic rings. The lowest BCUT2D eigenvalue weighted by Crippen LogP contribution is -2.43. The van der Waals surface area contributed by atoms with Gasteiger partial charge in [0.25, 0.3) is 5.91 Å². The van der Waals surface area contributed by atoms with Crippen LogP contribution in [0.3, 0.4) is 0 Å². The van der Waals surface area contributed by atoms with Gasteiger partial charge in [-0.1, -0.05) is 60.1 Å². The average molecular weight is 433 g/mol. The number of halogens is 1. The molecular formula is C26H25ClN2O2. The number of carbonyl (C=O) groups is 2. The minimum absolute atomic E-state index is 0.0332. The minimum atomic E-state index is -0.227.